The third-order valence-corrected chi connectivity index (χ3v) is 3.86. The Morgan fingerprint density at radius 2 is 2.05 bits per heavy atom. The predicted octanol–water partition coefficient (Wildman–Crippen LogP) is 3.21. The van der Waals surface area contributed by atoms with Crippen LogP contribution in [-0.2, 0) is 4.79 Å². The van der Waals surface area contributed by atoms with Crippen LogP contribution < -0.4 is 5.32 Å². The predicted molar refractivity (Wildman–Crippen MR) is 77.1 cm³/mol. The molecule has 0 heterocycles. The molecule has 0 aliphatic rings. The van der Waals surface area contributed by atoms with Crippen molar-refractivity contribution < 1.29 is 19.1 Å². The molecule has 0 aromatic heterocycles. The van der Waals surface area contributed by atoms with Gasteiger partial charge in [-0.25, -0.2) is 4.39 Å². The van der Waals surface area contributed by atoms with Crippen LogP contribution in [0, 0.1) is 11.7 Å². The number of nitrogens with one attached hydrogen (secondary N) is 1. The van der Waals surface area contributed by atoms with Gasteiger partial charge >= 0.3 is 5.97 Å². The molecule has 0 aliphatic heterocycles. The van der Waals surface area contributed by atoms with Crippen LogP contribution >= 0.6 is 15.9 Å². The summed E-state index contributed by atoms with van der Waals surface area (Å²) in [6.45, 7) is 5.25. The molecule has 0 bridgehead atoms. The molecule has 4 nitrogen and oxygen atoms in total. The number of carbonyl (C=O) groups is 2. The summed E-state index contributed by atoms with van der Waals surface area (Å²) >= 11 is 3.17. The zero-order valence-electron chi connectivity index (χ0n) is 11.5. The van der Waals surface area contributed by atoms with Gasteiger partial charge in [0.05, 0.1) is 17.5 Å². The first-order valence-corrected chi connectivity index (χ1v) is 6.94. The Labute approximate surface area is 125 Å². The maximum absolute atomic E-state index is 13.7. The van der Waals surface area contributed by atoms with Crippen molar-refractivity contribution in [3.8, 4) is 0 Å². The number of carboxylic acid groups (broad SMARTS) is 1. The lowest BCUT2D eigenvalue weighted by atomic mass is 9.85. The van der Waals surface area contributed by atoms with E-state index in [9.17, 15) is 14.0 Å². The van der Waals surface area contributed by atoms with Gasteiger partial charge in [-0.15, -0.1) is 0 Å². The van der Waals surface area contributed by atoms with E-state index < -0.39 is 23.2 Å². The van der Waals surface area contributed by atoms with Crippen molar-refractivity contribution in [2.24, 2.45) is 5.92 Å². The molecule has 0 fully saturated rings. The van der Waals surface area contributed by atoms with Gasteiger partial charge in [-0.3, -0.25) is 9.59 Å². The minimum Gasteiger partial charge on any atom is -0.481 e. The van der Waals surface area contributed by atoms with E-state index in [0.717, 1.165) is 0 Å². The van der Waals surface area contributed by atoms with Crippen LogP contribution in [0.2, 0.25) is 0 Å². The molecule has 1 atom stereocenters. The van der Waals surface area contributed by atoms with Gasteiger partial charge < -0.3 is 10.4 Å². The highest BCUT2D eigenvalue weighted by Crippen LogP contribution is 2.23. The number of halogens is 2. The standard InChI is InChI=1S/C14H17BrFNO3/c1-8(2)14(3,7-12(18)19)17-13(20)10-6-9(15)4-5-11(10)16/h4-6,8H,7H2,1-3H3,(H,17,20)(H,18,19). The number of amides is 1. The molecule has 1 unspecified atom stereocenters. The fourth-order valence-electron chi connectivity index (χ4n) is 1.70. The third-order valence-electron chi connectivity index (χ3n) is 3.36. The Balaban J connectivity index is 3.02. The van der Waals surface area contributed by atoms with Gasteiger partial charge in [0.15, 0.2) is 0 Å². The first kappa shape index (κ1) is 16.6. The zero-order chi connectivity index (χ0) is 15.5. The van der Waals surface area contributed by atoms with Gasteiger partial charge in [-0.05, 0) is 31.0 Å². The second kappa shape index (κ2) is 6.35. The highest BCUT2D eigenvalue weighted by atomic mass is 79.9. The van der Waals surface area contributed by atoms with Crippen LogP contribution in [0.15, 0.2) is 22.7 Å². The zero-order valence-corrected chi connectivity index (χ0v) is 13.1. The topological polar surface area (TPSA) is 66.4 Å². The van der Waals surface area contributed by atoms with E-state index in [0.29, 0.717) is 4.47 Å². The second-order valence-corrected chi connectivity index (χ2v) is 6.14. The molecule has 0 saturated heterocycles. The van der Waals surface area contributed by atoms with Gasteiger partial charge in [0.25, 0.3) is 5.91 Å². The summed E-state index contributed by atoms with van der Waals surface area (Å²) < 4.78 is 14.2. The summed E-state index contributed by atoms with van der Waals surface area (Å²) in [6.07, 6.45) is -0.230. The minimum absolute atomic E-state index is 0.113. The minimum atomic E-state index is -1.02. The van der Waals surface area contributed by atoms with E-state index in [4.69, 9.17) is 5.11 Å². The number of benzene rings is 1. The van der Waals surface area contributed by atoms with Crippen molar-refractivity contribution in [1.82, 2.24) is 5.32 Å². The van der Waals surface area contributed by atoms with Crippen molar-refractivity contribution in [2.75, 3.05) is 0 Å². The lowest BCUT2D eigenvalue weighted by Crippen LogP contribution is -2.51. The molecule has 6 heteroatoms. The van der Waals surface area contributed by atoms with Gasteiger partial charge in [-0.1, -0.05) is 29.8 Å². The van der Waals surface area contributed by atoms with Crippen molar-refractivity contribution in [1.29, 1.82) is 0 Å². The molecule has 1 aromatic carbocycles. The highest BCUT2D eigenvalue weighted by molar-refractivity contribution is 9.10. The number of carbonyl (C=O) groups excluding carboxylic acids is 1. The third kappa shape index (κ3) is 4.03. The number of rotatable bonds is 5. The molecule has 1 rings (SSSR count). The smallest absolute Gasteiger partial charge is 0.305 e. The monoisotopic (exact) mass is 345 g/mol. The second-order valence-electron chi connectivity index (χ2n) is 5.22. The Kier molecular flexibility index (Phi) is 5.28. The summed E-state index contributed by atoms with van der Waals surface area (Å²) in [7, 11) is 0. The van der Waals surface area contributed by atoms with Gasteiger partial charge in [0, 0.05) is 4.47 Å². The van der Waals surface area contributed by atoms with Gasteiger partial charge in [0.2, 0.25) is 0 Å². The highest BCUT2D eigenvalue weighted by Gasteiger charge is 2.33. The molecule has 0 saturated carbocycles. The van der Waals surface area contributed by atoms with Crippen LogP contribution in [0.25, 0.3) is 0 Å². The normalized spacial score (nSPS) is 13.9. The Morgan fingerprint density at radius 1 is 1.45 bits per heavy atom. The summed E-state index contributed by atoms with van der Waals surface area (Å²) in [6, 6.07) is 4.04. The Bertz CT molecular complexity index is 533. The van der Waals surface area contributed by atoms with Crippen LogP contribution in [0.3, 0.4) is 0 Å². The molecule has 1 aromatic rings. The molecular formula is C14H17BrFNO3. The molecular weight excluding hydrogens is 329 g/mol. The number of hydrogen-bond donors (Lipinski definition) is 2. The lowest BCUT2D eigenvalue weighted by Gasteiger charge is -2.33. The van der Waals surface area contributed by atoms with E-state index in [1.54, 1.807) is 20.8 Å². The number of carboxylic acids is 1. The number of aliphatic carboxylic acids is 1. The molecule has 1 amide bonds. The fraction of sp³-hybridized carbons (Fsp3) is 0.429. The summed E-state index contributed by atoms with van der Waals surface area (Å²) in [5, 5.41) is 11.6. The summed E-state index contributed by atoms with van der Waals surface area (Å²) in [4.78, 5) is 23.1. The SMILES string of the molecule is CC(C)C(C)(CC(=O)O)NC(=O)c1cc(Br)ccc1F. The maximum atomic E-state index is 13.7. The molecule has 110 valence electrons. The van der Waals surface area contributed by atoms with Crippen molar-refractivity contribution in [3.05, 3.63) is 34.1 Å². The van der Waals surface area contributed by atoms with Crippen molar-refractivity contribution in [2.45, 2.75) is 32.7 Å². The first-order chi connectivity index (χ1) is 9.15. The summed E-state index contributed by atoms with van der Waals surface area (Å²) in [5.74, 6) is -2.40. The average molecular weight is 346 g/mol. The fourth-order valence-corrected chi connectivity index (χ4v) is 2.07. The van der Waals surface area contributed by atoms with E-state index >= 15 is 0 Å². The van der Waals surface area contributed by atoms with Crippen LogP contribution in [0.4, 0.5) is 4.39 Å². The van der Waals surface area contributed by atoms with Crippen LogP contribution in [0.1, 0.15) is 37.6 Å². The van der Waals surface area contributed by atoms with Gasteiger partial charge in [-0.2, -0.15) is 0 Å². The number of hydrogen-bond acceptors (Lipinski definition) is 2. The van der Waals surface area contributed by atoms with E-state index in [-0.39, 0.29) is 17.9 Å². The van der Waals surface area contributed by atoms with Gasteiger partial charge in [0.1, 0.15) is 5.82 Å². The summed E-state index contributed by atoms with van der Waals surface area (Å²) in [5.41, 5.74) is -1.06. The molecule has 0 aliphatic carbocycles. The largest absolute Gasteiger partial charge is 0.481 e. The quantitative estimate of drug-likeness (QED) is 0.860. The molecule has 20 heavy (non-hydrogen) atoms. The van der Waals surface area contributed by atoms with E-state index in [1.807, 2.05) is 0 Å². The Hall–Kier alpha value is -1.43. The molecule has 2 N–H and O–H groups in total. The first-order valence-electron chi connectivity index (χ1n) is 6.15. The van der Waals surface area contributed by atoms with E-state index in [2.05, 4.69) is 21.2 Å². The maximum Gasteiger partial charge on any atom is 0.305 e. The Morgan fingerprint density at radius 3 is 2.55 bits per heavy atom. The van der Waals surface area contributed by atoms with E-state index in [1.165, 1.54) is 18.2 Å². The molecule has 0 radical (unpaired) electrons. The van der Waals surface area contributed by atoms with Crippen molar-refractivity contribution in [3.63, 3.8) is 0 Å². The lowest BCUT2D eigenvalue weighted by molar-refractivity contribution is -0.138. The van der Waals surface area contributed by atoms with Crippen LogP contribution in [-0.4, -0.2) is 22.5 Å². The molecule has 0 spiro atoms. The van der Waals surface area contributed by atoms with Crippen molar-refractivity contribution >= 4 is 27.8 Å². The average Bonchev–Trinajstić information content (AvgIpc) is 2.30. The van der Waals surface area contributed by atoms with Crippen LogP contribution in [0.5, 0.6) is 0 Å².